The molecule has 0 aliphatic carbocycles. The van der Waals surface area contributed by atoms with Crippen molar-refractivity contribution in [3.63, 3.8) is 0 Å². The second-order valence-electron chi connectivity index (χ2n) is 5.26. The van der Waals surface area contributed by atoms with Crippen LogP contribution in [-0.2, 0) is 9.59 Å². The maximum atomic E-state index is 12.3. The van der Waals surface area contributed by atoms with Gasteiger partial charge in [0.2, 0.25) is 12.7 Å². The summed E-state index contributed by atoms with van der Waals surface area (Å²) >= 11 is 4.24. The summed E-state index contributed by atoms with van der Waals surface area (Å²) in [5.74, 6) is -0.312. The zero-order chi connectivity index (χ0) is 16.3. The Bertz CT molecular complexity index is 577. The number of thiol groups is 1. The number of hydrogen-bond acceptors (Lipinski definition) is 5. The molecule has 0 aromatic heterocycles. The standard InChI is InChI=1S/C15H19NO5S/c1-8(10-3-4-12-13(5-10)21-7-20-12)11(6-22)14(17)16-9(2)15(18)19/h3-5,8-9,11,22H,6-7H2,1-2H3,(H,16,17)(H,18,19)/t8?,9-,11?/m0/s1. The van der Waals surface area contributed by atoms with E-state index in [1.807, 2.05) is 25.1 Å². The van der Waals surface area contributed by atoms with Gasteiger partial charge in [0.15, 0.2) is 11.5 Å². The molecule has 0 saturated carbocycles. The largest absolute Gasteiger partial charge is 0.480 e. The molecule has 3 atom stereocenters. The van der Waals surface area contributed by atoms with Crippen molar-refractivity contribution in [3.05, 3.63) is 23.8 Å². The summed E-state index contributed by atoms with van der Waals surface area (Å²) in [6.45, 7) is 3.53. The van der Waals surface area contributed by atoms with E-state index in [9.17, 15) is 9.59 Å². The van der Waals surface area contributed by atoms with E-state index < -0.39 is 17.9 Å². The van der Waals surface area contributed by atoms with Gasteiger partial charge in [0, 0.05) is 5.75 Å². The predicted octanol–water partition coefficient (Wildman–Crippen LogP) is 1.65. The lowest BCUT2D eigenvalue weighted by Crippen LogP contribution is -2.43. The summed E-state index contributed by atoms with van der Waals surface area (Å²) in [5, 5.41) is 11.4. The van der Waals surface area contributed by atoms with Gasteiger partial charge in [-0.1, -0.05) is 13.0 Å². The van der Waals surface area contributed by atoms with Crippen molar-refractivity contribution >= 4 is 24.5 Å². The number of carbonyl (C=O) groups is 2. The zero-order valence-corrected chi connectivity index (χ0v) is 13.3. The summed E-state index contributed by atoms with van der Waals surface area (Å²) in [7, 11) is 0. The molecule has 1 amide bonds. The van der Waals surface area contributed by atoms with Crippen LogP contribution in [0.3, 0.4) is 0 Å². The molecule has 1 heterocycles. The summed E-state index contributed by atoms with van der Waals surface area (Å²) in [6.07, 6.45) is 0. The molecular formula is C15H19NO5S. The molecule has 1 aromatic carbocycles. The molecule has 120 valence electrons. The van der Waals surface area contributed by atoms with Crippen molar-refractivity contribution in [3.8, 4) is 11.5 Å². The molecule has 2 rings (SSSR count). The third-order valence-corrected chi connectivity index (χ3v) is 4.18. The third-order valence-electron chi connectivity index (χ3n) is 3.79. The molecule has 0 bridgehead atoms. The number of carboxylic acids is 1. The average molecular weight is 325 g/mol. The van der Waals surface area contributed by atoms with Crippen molar-refractivity contribution in [2.24, 2.45) is 5.92 Å². The Labute approximate surface area is 134 Å². The Balaban J connectivity index is 2.12. The maximum Gasteiger partial charge on any atom is 0.325 e. The fourth-order valence-corrected chi connectivity index (χ4v) is 2.76. The van der Waals surface area contributed by atoms with Gasteiger partial charge >= 0.3 is 5.97 Å². The summed E-state index contributed by atoms with van der Waals surface area (Å²) < 4.78 is 10.6. The molecule has 1 aliphatic heterocycles. The number of carbonyl (C=O) groups excluding carboxylic acids is 1. The molecule has 0 saturated heterocycles. The average Bonchev–Trinajstić information content (AvgIpc) is 2.94. The fourth-order valence-electron chi connectivity index (χ4n) is 2.28. The van der Waals surface area contributed by atoms with Crippen molar-refractivity contribution in [1.82, 2.24) is 5.32 Å². The fraction of sp³-hybridized carbons (Fsp3) is 0.467. The van der Waals surface area contributed by atoms with Crippen LogP contribution >= 0.6 is 12.6 Å². The summed E-state index contributed by atoms with van der Waals surface area (Å²) in [5.41, 5.74) is 0.918. The molecule has 0 radical (unpaired) electrons. The van der Waals surface area contributed by atoms with E-state index in [2.05, 4.69) is 17.9 Å². The molecule has 2 N–H and O–H groups in total. The highest BCUT2D eigenvalue weighted by Gasteiger charge is 2.28. The van der Waals surface area contributed by atoms with Crippen LogP contribution in [0.15, 0.2) is 18.2 Å². The van der Waals surface area contributed by atoms with E-state index in [0.717, 1.165) is 5.56 Å². The Morgan fingerprint density at radius 1 is 1.32 bits per heavy atom. The van der Waals surface area contributed by atoms with Gasteiger partial charge in [0.05, 0.1) is 5.92 Å². The van der Waals surface area contributed by atoms with Gasteiger partial charge < -0.3 is 19.9 Å². The highest BCUT2D eigenvalue weighted by atomic mass is 32.1. The molecule has 22 heavy (non-hydrogen) atoms. The van der Waals surface area contributed by atoms with Crippen LogP contribution < -0.4 is 14.8 Å². The second-order valence-corrected chi connectivity index (χ2v) is 5.62. The van der Waals surface area contributed by atoms with Gasteiger partial charge in [-0.2, -0.15) is 12.6 Å². The Morgan fingerprint density at radius 2 is 2.00 bits per heavy atom. The number of fused-ring (bicyclic) bond motifs is 1. The minimum atomic E-state index is -1.07. The van der Waals surface area contributed by atoms with Gasteiger partial charge in [0.1, 0.15) is 6.04 Å². The Kier molecular flexibility index (Phi) is 5.18. The van der Waals surface area contributed by atoms with Crippen molar-refractivity contribution < 1.29 is 24.2 Å². The van der Waals surface area contributed by atoms with Gasteiger partial charge in [-0.3, -0.25) is 9.59 Å². The highest BCUT2D eigenvalue weighted by molar-refractivity contribution is 7.80. The van der Waals surface area contributed by atoms with Gasteiger partial charge in [0.25, 0.3) is 0 Å². The second kappa shape index (κ2) is 6.91. The lowest BCUT2D eigenvalue weighted by Gasteiger charge is -2.23. The Morgan fingerprint density at radius 3 is 2.64 bits per heavy atom. The maximum absolute atomic E-state index is 12.3. The smallest absolute Gasteiger partial charge is 0.325 e. The molecule has 6 nitrogen and oxygen atoms in total. The van der Waals surface area contributed by atoms with E-state index in [1.54, 1.807) is 0 Å². The number of nitrogens with one attached hydrogen (secondary N) is 1. The van der Waals surface area contributed by atoms with Crippen LogP contribution in [0.1, 0.15) is 25.3 Å². The molecule has 0 fully saturated rings. The first-order chi connectivity index (χ1) is 10.4. The topological polar surface area (TPSA) is 84.9 Å². The molecule has 1 aliphatic rings. The first-order valence-electron chi connectivity index (χ1n) is 6.97. The van der Waals surface area contributed by atoms with Crippen LogP contribution in [0.4, 0.5) is 0 Å². The van der Waals surface area contributed by atoms with Crippen molar-refractivity contribution in [2.75, 3.05) is 12.5 Å². The van der Waals surface area contributed by atoms with Crippen molar-refractivity contribution in [1.29, 1.82) is 0 Å². The molecular weight excluding hydrogens is 306 g/mol. The van der Waals surface area contributed by atoms with Crippen LogP contribution in [0.25, 0.3) is 0 Å². The third kappa shape index (κ3) is 3.47. The minimum Gasteiger partial charge on any atom is -0.480 e. The van der Waals surface area contributed by atoms with Gasteiger partial charge in [-0.15, -0.1) is 0 Å². The number of aliphatic carboxylic acids is 1. The Hall–Kier alpha value is -1.89. The van der Waals surface area contributed by atoms with Crippen LogP contribution in [0.2, 0.25) is 0 Å². The quantitative estimate of drug-likeness (QED) is 0.693. The highest BCUT2D eigenvalue weighted by Crippen LogP contribution is 2.36. The monoisotopic (exact) mass is 325 g/mol. The predicted molar refractivity (Wildman–Crippen MR) is 83.6 cm³/mol. The van der Waals surface area contributed by atoms with E-state index >= 15 is 0 Å². The number of carboxylic acid groups (broad SMARTS) is 1. The van der Waals surface area contributed by atoms with Gasteiger partial charge in [-0.25, -0.2) is 0 Å². The zero-order valence-electron chi connectivity index (χ0n) is 12.4. The van der Waals surface area contributed by atoms with Crippen LogP contribution in [0.5, 0.6) is 11.5 Å². The van der Waals surface area contributed by atoms with Crippen LogP contribution in [0, 0.1) is 5.92 Å². The summed E-state index contributed by atoms with van der Waals surface area (Å²) in [4.78, 5) is 23.1. The van der Waals surface area contributed by atoms with Gasteiger partial charge in [-0.05, 0) is 30.5 Å². The molecule has 2 unspecified atom stereocenters. The number of amides is 1. The SMILES string of the molecule is CC(c1ccc2c(c1)OCO2)C(CS)C(=O)N[C@@H](C)C(=O)O. The number of hydrogen-bond donors (Lipinski definition) is 3. The van der Waals surface area contributed by atoms with E-state index in [1.165, 1.54) is 6.92 Å². The summed E-state index contributed by atoms with van der Waals surface area (Å²) in [6, 6.07) is 4.60. The normalized spacial score (nSPS) is 16.7. The molecule has 0 spiro atoms. The van der Waals surface area contributed by atoms with Crippen molar-refractivity contribution in [2.45, 2.75) is 25.8 Å². The van der Waals surface area contributed by atoms with E-state index in [4.69, 9.17) is 14.6 Å². The van der Waals surface area contributed by atoms with E-state index in [0.29, 0.717) is 17.3 Å². The number of benzene rings is 1. The lowest BCUT2D eigenvalue weighted by molar-refractivity contribution is -0.141. The number of ether oxygens (including phenoxy) is 2. The number of rotatable bonds is 6. The minimum absolute atomic E-state index is 0.131. The molecule has 7 heteroatoms. The first kappa shape index (κ1) is 16.5. The van der Waals surface area contributed by atoms with E-state index in [-0.39, 0.29) is 18.6 Å². The lowest BCUT2D eigenvalue weighted by atomic mass is 9.87. The van der Waals surface area contributed by atoms with Crippen LogP contribution in [-0.4, -0.2) is 35.6 Å². The molecule has 1 aromatic rings. The first-order valence-corrected chi connectivity index (χ1v) is 7.61.